The van der Waals surface area contributed by atoms with Gasteiger partial charge in [0.05, 0.1) is 10.6 Å². The fraction of sp³-hybridized carbons (Fsp3) is 0. The Hall–Kier alpha value is -3.39. The lowest BCUT2D eigenvalue weighted by Crippen LogP contribution is -2.43. The van der Waals surface area contributed by atoms with Crippen molar-refractivity contribution in [1.82, 2.24) is 4.41 Å². The van der Waals surface area contributed by atoms with Crippen LogP contribution >= 0.6 is 0 Å². The largest absolute Gasteiger partial charge is 0.449 e. The molecule has 0 aliphatic heterocycles. The van der Waals surface area contributed by atoms with Crippen molar-refractivity contribution < 1.29 is 22.3 Å². The van der Waals surface area contributed by atoms with E-state index in [0.717, 1.165) is 24.3 Å². The summed E-state index contributed by atoms with van der Waals surface area (Å²) in [6.07, 6.45) is -1.16. The van der Waals surface area contributed by atoms with E-state index >= 15 is 0 Å². The topological polar surface area (TPSA) is 75.7 Å². The molecule has 0 saturated carbocycles. The minimum atomic E-state index is -4.35. The number of hydrazine groups is 1. The van der Waals surface area contributed by atoms with Crippen LogP contribution < -0.4 is 10.2 Å². The molecule has 1 amide bonds. The Morgan fingerprint density at radius 3 is 2.00 bits per heavy atom. The summed E-state index contributed by atoms with van der Waals surface area (Å²) in [5.74, 6) is -0.417. The summed E-state index contributed by atoms with van der Waals surface area (Å²) in [6.45, 7) is 0. The molecule has 0 heterocycles. The smallest absolute Gasteiger partial charge is 0.408 e. The van der Waals surface area contributed by atoms with Gasteiger partial charge in [0.15, 0.2) is 0 Å². The lowest BCUT2D eigenvalue weighted by Gasteiger charge is -2.23. The van der Waals surface area contributed by atoms with Crippen LogP contribution in [0, 0.1) is 5.82 Å². The molecule has 0 bridgehead atoms. The van der Waals surface area contributed by atoms with Crippen molar-refractivity contribution in [3.05, 3.63) is 90.7 Å². The van der Waals surface area contributed by atoms with Gasteiger partial charge in [0, 0.05) is 0 Å². The average Bonchev–Trinajstić information content (AvgIpc) is 2.68. The van der Waals surface area contributed by atoms with Crippen LogP contribution in [0.1, 0.15) is 0 Å². The Morgan fingerprint density at radius 1 is 0.852 bits per heavy atom. The number of carbonyl (C=O) groups is 1. The molecule has 0 radical (unpaired) electrons. The quantitative estimate of drug-likeness (QED) is 0.670. The summed E-state index contributed by atoms with van der Waals surface area (Å²) in [4.78, 5) is 12.3. The monoisotopic (exact) mass is 386 g/mol. The molecule has 1 N–H and O–H groups in total. The van der Waals surface area contributed by atoms with E-state index in [2.05, 4.69) is 5.43 Å². The molecule has 3 aromatic carbocycles. The van der Waals surface area contributed by atoms with Gasteiger partial charge in [0.25, 0.3) is 10.0 Å². The number of rotatable bonds is 5. The van der Waals surface area contributed by atoms with Crippen molar-refractivity contribution in [3.8, 4) is 5.75 Å². The standard InChI is InChI=1S/C19H15FN2O4S/c20-15-11-13-18(14-12-15)27(24,25)22(21-16-7-3-1-4-8-16)19(23)26-17-9-5-2-6-10-17/h1-14,21H. The second-order valence-electron chi connectivity index (χ2n) is 5.38. The van der Waals surface area contributed by atoms with Crippen molar-refractivity contribution in [2.45, 2.75) is 4.90 Å². The second kappa shape index (κ2) is 7.88. The van der Waals surface area contributed by atoms with Gasteiger partial charge >= 0.3 is 6.09 Å². The molecule has 0 aliphatic rings. The first-order chi connectivity index (χ1) is 13.0. The molecule has 3 rings (SSSR count). The van der Waals surface area contributed by atoms with E-state index < -0.39 is 21.9 Å². The van der Waals surface area contributed by atoms with Crippen LogP contribution in [0.2, 0.25) is 0 Å². The minimum Gasteiger partial charge on any atom is -0.408 e. The van der Waals surface area contributed by atoms with Crippen LogP contribution in [0.25, 0.3) is 0 Å². The van der Waals surface area contributed by atoms with Gasteiger partial charge < -0.3 is 4.74 Å². The van der Waals surface area contributed by atoms with E-state index in [4.69, 9.17) is 4.74 Å². The minimum absolute atomic E-state index is 0.177. The fourth-order valence-corrected chi connectivity index (χ4v) is 3.33. The number of hydrogen-bond donors (Lipinski definition) is 1. The summed E-state index contributed by atoms with van der Waals surface area (Å²) < 4.78 is 44.5. The molecular weight excluding hydrogens is 371 g/mol. The van der Waals surface area contributed by atoms with Gasteiger partial charge in [0.1, 0.15) is 11.6 Å². The first-order valence-corrected chi connectivity index (χ1v) is 9.30. The van der Waals surface area contributed by atoms with Gasteiger partial charge in [-0.1, -0.05) is 36.4 Å². The first-order valence-electron chi connectivity index (χ1n) is 7.86. The molecule has 138 valence electrons. The summed E-state index contributed by atoms with van der Waals surface area (Å²) in [7, 11) is -4.35. The molecule has 8 heteroatoms. The molecule has 27 heavy (non-hydrogen) atoms. The van der Waals surface area contributed by atoms with Gasteiger partial charge in [-0.15, -0.1) is 4.41 Å². The van der Waals surface area contributed by atoms with Crippen molar-refractivity contribution in [2.75, 3.05) is 5.43 Å². The summed E-state index contributed by atoms with van der Waals surface area (Å²) >= 11 is 0. The normalized spacial score (nSPS) is 10.9. The van der Waals surface area contributed by atoms with Crippen LogP contribution in [0.3, 0.4) is 0 Å². The molecule has 0 spiro atoms. The Morgan fingerprint density at radius 2 is 1.41 bits per heavy atom. The number of anilines is 1. The predicted octanol–water partition coefficient (Wildman–Crippen LogP) is 4.04. The molecule has 0 aromatic heterocycles. The molecule has 6 nitrogen and oxygen atoms in total. The van der Waals surface area contributed by atoms with Gasteiger partial charge in [-0.2, -0.15) is 8.42 Å². The number of sulfonamides is 1. The maximum Gasteiger partial charge on any atom is 0.449 e. The van der Waals surface area contributed by atoms with Crippen molar-refractivity contribution >= 4 is 21.8 Å². The zero-order chi connectivity index (χ0) is 19.3. The van der Waals surface area contributed by atoms with Gasteiger partial charge in [-0.05, 0) is 48.5 Å². The van der Waals surface area contributed by atoms with Crippen molar-refractivity contribution in [2.24, 2.45) is 0 Å². The first kappa shape index (κ1) is 18.4. The molecule has 0 unspecified atom stereocenters. The highest BCUT2D eigenvalue weighted by molar-refractivity contribution is 7.89. The van der Waals surface area contributed by atoms with Gasteiger partial charge in [-0.3, -0.25) is 5.43 Å². The fourth-order valence-electron chi connectivity index (χ4n) is 2.18. The van der Waals surface area contributed by atoms with Crippen LogP contribution in [-0.2, 0) is 10.0 Å². The second-order valence-corrected chi connectivity index (χ2v) is 7.17. The number of amides is 1. The summed E-state index contributed by atoms with van der Waals surface area (Å²) in [5, 5.41) is 0. The van der Waals surface area contributed by atoms with E-state index in [1.54, 1.807) is 48.5 Å². The molecule has 0 aliphatic carbocycles. The van der Waals surface area contributed by atoms with E-state index in [9.17, 15) is 17.6 Å². The molecule has 3 aromatic rings. The van der Waals surface area contributed by atoms with Crippen LogP contribution in [-0.4, -0.2) is 18.9 Å². The van der Waals surface area contributed by atoms with Crippen LogP contribution in [0.5, 0.6) is 5.75 Å². The third-order valence-corrected chi connectivity index (χ3v) is 5.06. The number of nitrogens with zero attached hydrogens (tertiary/aromatic N) is 1. The highest BCUT2D eigenvalue weighted by Crippen LogP contribution is 2.20. The summed E-state index contributed by atoms with van der Waals surface area (Å²) in [5.41, 5.74) is 2.88. The van der Waals surface area contributed by atoms with E-state index in [-0.39, 0.29) is 10.6 Å². The zero-order valence-corrected chi connectivity index (χ0v) is 14.8. The SMILES string of the molecule is O=C(Oc1ccccc1)N(Nc1ccccc1)S(=O)(=O)c1ccc(F)cc1. The number of carbonyl (C=O) groups excluding carboxylic acids is 1. The van der Waals surface area contributed by atoms with E-state index in [0.29, 0.717) is 10.1 Å². The van der Waals surface area contributed by atoms with Gasteiger partial charge in [-0.25, -0.2) is 9.18 Å². The number of hydrogen-bond acceptors (Lipinski definition) is 5. The lowest BCUT2D eigenvalue weighted by molar-refractivity contribution is 0.184. The number of benzene rings is 3. The Labute approximate surface area is 155 Å². The number of halogens is 1. The van der Waals surface area contributed by atoms with E-state index in [1.807, 2.05) is 0 Å². The Balaban J connectivity index is 1.96. The van der Waals surface area contributed by atoms with Gasteiger partial charge in [0.2, 0.25) is 0 Å². The Kier molecular flexibility index (Phi) is 5.37. The molecule has 0 fully saturated rings. The van der Waals surface area contributed by atoms with Crippen molar-refractivity contribution in [3.63, 3.8) is 0 Å². The van der Waals surface area contributed by atoms with Crippen molar-refractivity contribution in [1.29, 1.82) is 0 Å². The summed E-state index contributed by atoms with van der Waals surface area (Å²) in [6, 6.07) is 20.4. The zero-order valence-electron chi connectivity index (χ0n) is 13.9. The van der Waals surface area contributed by atoms with E-state index in [1.165, 1.54) is 12.1 Å². The maximum absolute atomic E-state index is 13.2. The molecular formula is C19H15FN2O4S. The number of nitrogens with one attached hydrogen (secondary N) is 1. The third kappa shape index (κ3) is 4.42. The highest BCUT2D eigenvalue weighted by atomic mass is 32.2. The molecule has 0 atom stereocenters. The predicted molar refractivity (Wildman–Crippen MR) is 98.0 cm³/mol. The van der Waals surface area contributed by atoms with Crippen LogP contribution in [0.4, 0.5) is 14.9 Å². The maximum atomic E-state index is 13.2. The number of ether oxygens (including phenoxy) is 1. The average molecular weight is 386 g/mol. The highest BCUT2D eigenvalue weighted by Gasteiger charge is 2.32. The lowest BCUT2D eigenvalue weighted by atomic mass is 10.3. The molecule has 0 saturated heterocycles. The Bertz CT molecular complexity index is 1010. The van der Waals surface area contributed by atoms with Crippen LogP contribution in [0.15, 0.2) is 89.8 Å². The number of para-hydroxylation sites is 2. The third-order valence-electron chi connectivity index (χ3n) is 3.47.